The van der Waals surface area contributed by atoms with Crippen molar-refractivity contribution < 1.29 is 4.39 Å². The minimum atomic E-state index is -0.328. The van der Waals surface area contributed by atoms with E-state index in [0.717, 1.165) is 24.5 Å². The third-order valence-electron chi connectivity index (χ3n) is 2.64. The van der Waals surface area contributed by atoms with Crippen molar-refractivity contribution in [1.82, 2.24) is 4.98 Å². The van der Waals surface area contributed by atoms with Crippen LogP contribution >= 0.6 is 0 Å². The van der Waals surface area contributed by atoms with Crippen molar-refractivity contribution in [1.29, 1.82) is 0 Å². The molecule has 2 N–H and O–H groups in total. The van der Waals surface area contributed by atoms with E-state index in [9.17, 15) is 4.39 Å². The minimum absolute atomic E-state index is 0.328. The topological polar surface area (TPSA) is 42.1 Å². The van der Waals surface area contributed by atoms with Gasteiger partial charge >= 0.3 is 0 Å². The maximum atomic E-state index is 12.9. The molecule has 0 fully saturated rings. The summed E-state index contributed by atoms with van der Waals surface area (Å²) in [5.74, 6) is 0.404. The molecule has 0 bridgehead atoms. The molecule has 0 amide bonds. The highest BCUT2D eigenvalue weighted by Crippen LogP contribution is 2.23. The summed E-state index contributed by atoms with van der Waals surface area (Å²) in [7, 11) is 0. The Morgan fingerprint density at radius 2 is 1.89 bits per heavy atom. The first-order valence-electron chi connectivity index (χ1n) is 5.95. The maximum Gasteiger partial charge on any atom is 0.141 e. The van der Waals surface area contributed by atoms with Gasteiger partial charge in [-0.3, -0.25) is 0 Å². The number of para-hydroxylation sites is 1. The fraction of sp³-hybridized carbons (Fsp3) is 0.214. The normalized spacial score (nSPS) is 10.3. The first-order valence-corrected chi connectivity index (χ1v) is 5.95. The number of rotatable bonds is 5. The number of anilines is 2. The van der Waals surface area contributed by atoms with Gasteiger partial charge in [0.25, 0.3) is 0 Å². The van der Waals surface area contributed by atoms with E-state index < -0.39 is 0 Å². The zero-order chi connectivity index (χ0) is 12.8. The van der Waals surface area contributed by atoms with Gasteiger partial charge in [-0.15, -0.1) is 0 Å². The molecular formula is C14H16FN3. The van der Waals surface area contributed by atoms with E-state index in [0.29, 0.717) is 6.54 Å². The van der Waals surface area contributed by atoms with Crippen molar-refractivity contribution in [2.24, 2.45) is 5.73 Å². The number of aromatic nitrogens is 1. The summed E-state index contributed by atoms with van der Waals surface area (Å²) in [5, 5.41) is 0. The number of benzene rings is 1. The smallest absolute Gasteiger partial charge is 0.141 e. The van der Waals surface area contributed by atoms with Crippen LogP contribution in [0.3, 0.4) is 0 Å². The lowest BCUT2D eigenvalue weighted by molar-refractivity contribution is 0.621. The second-order valence-electron chi connectivity index (χ2n) is 3.96. The van der Waals surface area contributed by atoms with Crippen LogP contribution < -0.4 is 10.6 Å². The van der Waals surface area contributed by atoms with E-state index in [1.807, 2.05) is 35.2 Å². The Bertz CT molecular complexity index is 470. The van der Waals surface area contributed by atoms with E-state index >= 15 is 0 Å². The van der Waals surface area contributed by atoms with Gasteiger partial charge in [0.05, 0.1) is 6.20 Å². The van der Waals surface area contributed by atoms with Crippen LogP contribution in [0.1, 0.15) is 6.42 Å². The Morgan fingerprint density at radius 3 is 2.50 bits per heavy atom. The standard InChI is InChI=1S/C14H16FN3/c15-12-7-8-14(17-11-12)18(10-4-9-16)13-5-2-1-3-6-13/h1-3,5-8,11H,4,9-10,16H2. The number of nitrogens with two attached hydrogens (primary N) is 1. The van der Waals surface area contributed by atoms with E-state index in [1.54, 1.807) is 6.07 Å². The highest BCUT2D eigenvalue weighted by molar-refractivity contribution is 5.59. The summed E-state index contributed by atoms with van der Waals surface area (Å²) >= 11 is 0. The van der Waals surface area contributed by atoms with E-state index in [1.165, 1.54) is 12.3 Å². The van der Waals surface area contributed by atoms with Crippen molar-refractivity contribution in [3.8, 4) is 0 Å². The van der Waals surface area contributed by atoms with Gasteiger partial charge in [0, 0.05) is 12.2 Å². The molecule has 0 aliphatic rings. The van der Waals surface area contributed by atoms with Crippen LogP contribution in [0.2, 0.25) is 0 Å². The first kappa shape index (κ1) is 12.5. The predicted octanol–water partition coefficient (Wildman–Crippen LogP) is 2.71. The Morgan fingerprint density at radius 1 is 1.11 bits per heavy atom. The third-order valence-corrected chi connectivity index (χ3v) is 2.64. The van der Waals surface area contributed by atoms with Crippen molar-refractivity contribution >= 4 is 11.5 Å². The van der Waals surface area contributed by atoms with Gasteiger partial charge in [-0.25, -0.2) is 9.37 Å². The molecule has 0 atom stereocenters. The molecule has 0 unspecified atom stereocenters. The average Bonchev–Trinajstić information content (AvgIpc) is 2.42. The molecule has 3 nitrogen and oxygen atoms in total. The number of hydrogen-bond donors (Lipinski definition) is 1. The molecule has 1 aromatic carbocycles. The Balaban J connectivity index is 2.27. The molecule has 18 heavy (non-hydrogen) atoms. The maximum absolute atomic E-state index is 12.9. The summed E-state index contributed by atoms with van der Waals surface area (Å²) < 4.78 is 12.9. The summed E-state index contributed by atoms with van der Waals surface area (Å²) in [6.45, 7) is 1.38. The molecule has 0 radical (unpaired) electrons. The summed E-state index contributed by atoms with van der Waals surface area (Å²) in [6, 6.07) is 13.0. The Labute approximate surface area is 106 Å². The molecule has 0 saturated heterocycles. The van der Waals surface area contributed by atoms with Crippen molar-refractivity contribution in [3.05, 3.63) is 54.5 Å². The lowest BCUT2D eigenvalue weighted by Crippen LogP contribution is -2.21. The summed E-state index contributed by atoms with van der Waals surface area (Å²) in [6.07, 6.45) is 2.08. The molecular weight excluding hydrogens is 229 g/mol. The van der Waals surface area contributed by atoms with Gasteiger partial charge in [0.2, 0.25) is 0 Å². The van der Waals surface area contributed by atoms with Crippen LogP contribution in [0.4, 0.5) is 15.9 Å². The predicted molar refractivity (Wildman–Crippen MR) is 71.3 cm³/mol. The van der Waals surface area contributed by atoms with Crippen LogP contribution in [0, 0.1) is 5.82 Å². The molecule has 2 rings (SSSR count). The van der Waals surface area contributed by atoms with Crippen LogP contribution in [0.5, 0.6) is 0 Å². The molecule has 4 heteroatoms. The Hall–Kier alpha value is -1.94. The largest absolute Gasteiger partial charge is 0.330 e. The zero-order valence-electron chi connectivity index (χ0n) is 10.1. The van der Waals surface area contributed by atoms with Crippen LogP contribution in [0.15, 0.2) is 48.7 Å². The van der Waals surface area contributed by atoms with Crippen LogP contribution in [0.25, 0.3) is 0 Å². The Kier molecular flexibility index (Phi) is 4.25. The molecule has 1 heterocycles. The fourth-order valence-corrected chi connectivity index (χ4v) is 1.76. The second kappa shape index (κ2) is 6.12. The SMILES string of the molecule is NCCCN(c1ccccc1)c1ccc(F)cn1. The second-order valence-corrected chi connectivity index (χ2v) is 3.96. The minimum Gasteiger partial charge on any atom is -0.330 e. The van der Waals surface area contributed by atoms with Gasteiger partial charge in [0.1, 0.15) is 11.6 Å². The van der Waals surface area contributed by atoms with Gasteiger partial charge in [-0.2, -0.15) is 0 Å². The summed E-state index contributed by atoms with van der Waals surface area (Å²) in [5.41, 5.74) is 6.58. The molecule has 0 spiro atoms. The number of halogens is 1. The van der Waals surface area contributed by atoms with Crippen molar-refractivity contribution in [2.45, 2.75) is 6.42 Å². The average molecular weight is 245 g/mol. The van der Waals surface area contributed by atoms with Gasteiger partial charge in [0.15, 0.2) is 0 Å². The molecule has 0 saturated carbocycles. The first-order chi connectivity index (χ1) is 8.81. The lowest BCUT2D eigenvalue weighted by atomic mass is 10.2. The molecule has 2 aromatic rings. The number of pyridine rings is 1. The highest BCUT2D eigenvalue weighted by Gasteiger charge is 2.09. The molecule has 0 aliphatic heterocycles. The van der Waals surface area contributed by atoms with Crippen molar-refractivity contribution in [3.63, 3.8) is 0 Å². The van der Waals surface area contributed by atoms with Crippen LogP contribution in [-0.4, -0.2) is 18.1 Å². The zero-order valence-corrected chi connectivity index (χ0v) is 10.1. The molecule has 94 valence electrons. The molecule has 1 aromatic heterocycles. The highest BCUT2D eigenvalue weighted by atomic mass is 19.1. The number of hydrogen-bond acceptors (Lipinski definition) is 3. The van der Waals surface area contributed by atoms with Crippen molar-refractivity contribution in [2.75, 3.05) is 18.0 Å². The summed E-state index contributed by atoms with van der Waals surface area (Å²) in [4.78, 5) is 6.15. The lowest BCUT2D eigenvalue weighted by Gasteiger charge is -2.23. The quantitative estimate of drug-likeness (QED) is 0.880. The fourth-order valence-electron chi connectivity index (χ4n) is 1.76. The van der Waals surface area contributed by atoms with Gasteiger partial charge in [-0.1, -0.05) is 18.2 Å². The van der Waals surface area contributed by atoms with E-state index in [2.05, 4.69) is 4.98 Å². The van der Waals surface area contributed by atoms with Crippen LogP contribution in [-0.2, 0) is 0 Å². The number of nitrogens with zero attached hydrogens (tertiary/aromatic N) is 2. The van der Waals surface area contributed by atoms with E-state index in [4.69, 9.17) is 5.73 Å². The van der Waals surface area contributed by atoms with Gasteiger partial charge < -0.3 is 10.6 Å². The molecule has 0 aliphatic carbocycles. The van der Waals surface area contributed by atoms with E-state index in [-0.39, 0.29) is 5.82 Å². The van der Waals surface area contributed by atoms with Gasteiger partial charge in [-0.05, 0) is 37.2 Å². The third kappa shape index (κ3) is 3.05. The monoisotopic (exact) mass is 245 g/mol.